The molecule has 0 aliphatic heterocycles. The zero-order chi connectivity index (χ0) is 37.0. The molecule has 3 aromatic heterocycles. The number of aromatic nitrogens is 3. The van der Waals surface area contributed by atoms with Gasteiger partial charge in [-0.3, -0.25) is 0 Å². The summed E-state index contributed by atoms with van der Waals surface area (Å²) < 4.78 is 8.90. The summed E-state index contributed by atoms with van der Waals surface area (Å²) in [5, 5.41) is 4.52. The van der Waals surface area contributed by atoms with E-state index >= 15 is 0 Å². The molecule has 0 unspecified atom stereocenters. The highest BCUT2D eigenvalue weighted by Gasteiger charge is 2.23. The average Bonchev–Trinajstić information content (AvgIpc) is 3.80. The van der Waals surface area contributed by atoms with Crippen LogP contribution in [0.25, 0.3) is 106 Å². The van der Waals surface area contributed by atoms with Crippen LogP contribution in [0.3, 0.4) is 0 Å². The molecule has 0 radical (unpaired) electrons. The second-order valence-corrected chi connectivity index (χ2v) is 14.2. The smallest absolute Gasteiger partial charge is 0.160 e. The van der Waals surface area contributed by atoms with E-state index in [0.717, 1.165) is 94.4 Å². The quantitative estimate of drug-likeness (QED) is 0.172. The summed E-state index contributed by atoms with van der Waals surface area (Å²) in [6, 6.07) is 70.4. The van der Waals surface area contributed by atoms with Gasteiger partial charge in [0.2, 0.25) is 0 Å². The molecule has 0 saturated carbocycles. The Labute approximate surface area is 323 Å². The molecule has 4 heteroatoms. The summed E-state index contributed by atoms with van der Waals surface area (Å²) in [6.45, 7) is 0. The summed E-state index contributed by atoms with van der Waals surface area (Å²) in [7, 11) is 0. The van der Waals surface area contributed by atoms with E-state index in [2.05, 4.69) is 168 Å². The minimum absolute atomic E-state index is 0.687. The molecule has 56 heavy (non-hydrogen) atoms. The molecular weight excluding hydrogens is 683 g/mol. The van der Waals surface area contributed by atoms with Gasteiger partial charge in [0.1, 0.15) is 11.2 Å². The zero-order valence-corrected chi connectivity index (χ0v) is 30.3. The normalized spacial score (nSPS) is 11.6. The summed E-state index contributed by atoms with van der Waals surface area (Å²) in [4.78, 5) is 10.4. The van der Waals surface area contributed by atoms with E-state index in [1.165, 1.54) is 5.39 Å². The zero-order valence-electron chi connectivity index (χ0n) is 30.3. The maximum Gasteiger partial charge on any atom is 0.160 e. The van der Waals surface area contributed by atoms with Crippen LogP contribution in [0, 0.1) is 0 Å². The molecule has 0 N–H and O–H groups in total. The van der Waals surface area contributed by atoms with Crippen molar-refractivity contribution >= 4 is 43.7 Å². The second kappa shape index (κ2) is 13.1. The van der Waals surface area contributed by atoms with Crippen molar-refractivity contribution in [3.63, 3.8) is 0 Å². The first-order valence-electron chi connectivity index (χ1n) is 18.9. The van der Waals surface area contributed by atoms with Crippen LogP contribution >= 0.6 is 0 Å². The van der Waals surface area contributed by atoms with Crippen LogP contribution in [0.15, 0.2) is 205 Å². The van der Waals surface area contributed by atoms with Gasteiger partial charge in [-0.25, -0.2) is 9.97 Å². The van der Waals surface area contributed by atoms with Gasteiger partial charge in [-0.15, -0.1) is 0 Å². The number of furan rings is 1. The number of benzene rings is 8. The van der Waals surface area contributed by atoms with Crippen LogP contribution in [-0.4, -0.2) is 14.5 Å². The molecule has 0 amide bonds. The molecule has 0 atom stereocenters. The van der Waals surface area contributed by atoms with Crippen LogP contribution in [0.1, 0.15) is 0 Å². The molecule has 262 valence electrons. The fourth-order valence-corrected chi connectivity index (χ4v) is 8.19. The van der Waals surface area contributed by atoms with Crippen LogP contribution < -0.4 is 0 Å². The van der Waals surface area contributed by atoms with Crippen molar-refractivity contribution in [1.82, 2.24) is 14.5 Å². The summed E-state index contributed by atoms with van der Waals surface area (Å²) >= 11 is 0. The highest BCUT2D eigenvalue weighted by Crippen LogP contribution is 2.45. The Hall–Kier alpha value is -7.56. The third-order valence-corrected chi connectivity index (χ3v) is 10.8. The number of fused-ring (bicyclic) bond motifs is 6. The number of rotatable bonds is 6. The predicted molar refractivity (Wildman–Crippen MR) is 231 cm³/mol. The Balaban J connectivity index is 1.27. The maximum atomic E-state index is 6.44. The van der Waals surface area contributed by atoms with Crippen molar-refractivity contribution < 1.29 is 4.42 Å². The summed E-state index contributed by atoms with van der Waals surface area (Å²) in [5.41, 5.74) is 14.3. The highest BCUT2D eigenvalue weighted by atomic mass is 16.3. The van der Waals surface area contributed by atoms with Crippen molar-refractivity contribution in [2.75, 3.05) is 0 Å². The molecule has 3 heterocycles. The van der Waals surface area contributed by atoms with Crippen LogP contribution in [0.5, 0.6) is 0 Å². The first-order chi connectivity index (χ1) is 27.8. The summed E-state index contributed by atoms with van der Waals surface area (Å²) in [5.74, 6) is 0.687. The van der Waals surface area contributed by atoms with Crippen molar-refractivity contribution in [3.8, 4) is 61.8 Å². The summed E-state index contributed by atoms with van der Waals surface area (Å²) in [6.07, 6.45) is 0. The largest absolute Gasteiger partial charge is 0.456 e. The van der Waals surface area contributed by atoms with E-state index in [1.54, 1.807) is 0 Å². The Morgan fingerprint density at radius 3 is 1.50 bits per heavy atom. The van der Waals surface area contributed by atoms with E-state index in [0.29, 0.717) is 5.82 Å². The fourth-order valence-electron chi connectivity index (χ4n) is 8.19. The minimum atomic E-state index is 0.687. The molecule has 0 spiro atoms. The molecule has 0 aliphatic rings. The van der Waals surface area contributed by atoms with Crippen molar-refractivity contribution in [1.29, 1.82) is 0 Å². The van der Waals surface area contributed by atoms with E-state index < -0.39 is 0 Å². The standard InChI is InChI=1S/C52H33N3O/c1-5-17-34(18-6-1)41-29-38(46-33-45(36-21-9-3-10-22-36)53-52(54-46)37-23-11-4-12-24-37)30-42(35-19-7-2-8-20-35)51(41)55-47-27-15-13-25-39(47)43-32-50-44(31-48(43)55)40-26-14-16-28-49(40)56-50/h1-33H. The first kappa shape index (κ1) is 31.9. The molecule has 0 fully saturated rings. The van der Waals surface area contributed by atoms with E-state index in [1.807, 2.05) is 36.4 Å². The predicted octanol–water partition coefficient (Wildman–Crippen LogP) is 13.8. The van der Waals surface area contributed by atoms with Gasteiger partial charge in [0.05, 0.1) is 28.1 Å². The number of para-hydroxylation sites is 2. The lowest BCUT2D eigenvalue weighted by Crippen LogP contribution is -2.02. The van der Waals surface area contributed by atoms with Gasteiger partial charge in [-0.1, -0.05) is 158 Å². The Morgan fingerprint density at radius 1 is 0.339 bits per heavy atom. The molecule has 0 bridgehead atoms. The van der Waals surface area contributed by atoms with E-state index in [4.69, 9.17) is 14.4 Å². The van der Waals surface area contributed by atoms with Gasteiger partial charge >= 0.3 is 0 Å². The van der Waals surface area contributed by atoms with Crippen molar-refractivity contribution in [2.45, 2.75) is 0 Å². The van der Waals surface area contributed by atoms with Crippen LogP contribution in [0.4, 0.5) is 0 Å². The Bertz CT molecular complexity index is 3100. The Kier molecular flexibility index (Phi) is 7.46. The lowest BCUT2D eigenvalue weighted by molar-refractivity contribution is 0.669. The Morgan fingerprint density at radius 2 is 0.857 bits per heavy atom. The molecular formula is C52H33N3O. The molecule has 0 saturated heterocycles. The first-order valence-corrected chi connectivity index (χ1v) is 18.9. The van der Waals surface area contributed by atoms with Gasteiger partial charge in [-0.2, -0.15) is 0 Å². The van der Waals surface area contributed by atoms with Crippen LogP contribution in [-0.2, 0) is 0 Å². The topological polar surface area (TPSA) is 43.9 Å². The van der Waals surface area contributed by atoms with Gasteiger partial charge in [0.15, 0.2) is 5.82 Å². The molecule has 0 aliphatic carbocycles. The van der Waals surface area contributed by atoms with Gasteiger partial charge in [0.25, 0.3) is 0 Å². The van der Waals surface area contributed by atoms with Gasteiger partial charge in [-0.05, 0) is 53.6 Å². The van der Waals surface area contributed by atoms with E-state index in [-0.39, 0.29) is 0 Å². The number of nitrogens with zero attached hydrogens (tertiary/aromatic N) is 3. The molecule has 11 rings (SSSR count). The lowest BCUT2D eigenvalue weighted by Gasteiger charge is -2.21. The third-order valence-electron chi connectivity index (χ3n) is 10.8. The molecule has 8 aromatic carbocycles. The molecule has 11 aromatic rings. The van der Waals surface area contributed by atoms with Gasteiger partial charge < -0.3 is 8.98 Å². The fraction of sp³-hybridized carbons (Fsp3) is 0. The average molecular weight is 716 g/mol. The second-order valence-electron chi connectivity index (χ2n) is 14.2. The monoisotopic (exact) mass is 715 g/mol. The van der Waals surface area contributed by atoms with Crippen LogP contribution in [0.2, 0.25) is 0 Å². The maximum absolute atomic E-state index is 6.44. The SMILES string of the molecule is c1ccc(-c2cc(-c3cc(-c4ccccc4)c(-n4c5ccccc5c5cc6oc7ccccc7c6cc54)c(-c4ccccc4)c3)nc(-c3ccccc3)n2)cc1. The van der Waals surface area contributed by atoms with Crippen molar-refractivity contribution in [2.24, 2.45) is 0 Å². The third kappa shape index (κ3) is 5.31. The minimum Gasteiger partial charge on any atom is -0.456 e. The molecule has 4 nitrogen and oxygen atoms in total. The van der Waals surface area contributed by atoms with E-state index in [9.17, 15) is 0 Å². The highest BCUT2D eigenvalue weighted by molar-refractivity contribution is 6.17. The van der Waals surface area contributed by atoms with Crippen molar-refractivity contribution in [3.05, 3.63) is 200 Å². The van der Waals surface area contributed by atoms with Gasteiger partial charge in [0, 0.05) is 49.4 Å². The number of hydrogen-bond donors (Lipinski definition) is 0. The number of hydrogen-bond acceptors (Lipinski definition) is 3. The lowest BCUT2D eigenvalue weighted by atomic mass is 9.91.